The van der Waals surface area contributed by atoms with Crippen molar-refractivity contribution >= 4 is 16.9 Å². The smallest absolute Gasteiger partial charge is 0.321 e. The molecule has 0 bridgehead atoms. The third-order valence-corrected chi connectivity index (χ3v) is 8.44. The lowest BCUT2D eigenvalue weighted by molar-refractivity contribution is -0.144. The van der Waals surface area contributed by atoms with Crippen molar-refractivity contribution in [2.75, 3.05) is 33.2 Å². The van der Waals surface area contributed by atoms with E-state index >= 15 is 0 Å². The van der Waals surface area contributed by atoms with Gasteiger partial charge < -0.3 is 15.1 Å². The zero-order valence-electron chi connectivity index (χ0n) is 23.8. The number of aromatic nitrogens is 1. The van der Waals surface area contributed by atoms with Gasteiger partial charge in [-0.25, -0.2) is 0 Å². The number of fused-ring (bicyclic) bond motifs is 1. The van der Waals surface area contributed by atoms with E-state index in [9.17, 15) is 15.0 Å². The maximum Gasteiger partial charge on any atom is 0.321 e. The summed E-state index contributed by atoms with van der Waals surface area (Å²) in [6, 6.07) is 20.5. The third kappa shape index (κ3) is 8.10. The van der Waals surface area contributed by atoms with Crippen LogP contribution >= 0.6 is 0 Å². The molecule has 0 aliphatic carbocycles. The van der Waals surface area contributed by atoms with Crippen molar-refractivity contribution in [3.8, 4) is 0 Å². The summed E-state index contributed by atoms with van der Waals surface area (Å²) < 4.78 is 0. The first-order valence-corrected chi connectivity index (χ1v) is 14.5. The number of piperidine rings is 1. The van der Waals surface area contributed by atoms with Gasteiger partial charge in [0.1, 0.15) is 6.04 Å². The van der Waals surface area contributed by atoms with Crippen molar-refractivity contribution in [2.24, 2.45) is 5.92 Å². The first kappa shape index (κ1) is 29.2. The molecule has 2 fully saturated rings. The van der Waals surface area contributed by atoms with Crippen LogP contribution in [-0.4, -0.2) is 75.8 Å². The van der Waals surface area contributed by atoms with Crippen LogP contribution in [-0.2, 0) is 11.2 Å². The SMILES string of the molecule is CC(C)C(C(=O)O)N1CC[C@@H](c2ccccc2)C1.CN1CCC(O)(CCCc2cnc3ccccc3c2)CC1. The van der Waals surface area contributed by atoms with Crippen LogP contribution in [0.5, 0.6) is 0 Å². The highest BCUT2D eigenvalue weighted by molar-refractivity contribution is 5.78. The Morgan fingerprint density at radius 1 is 1.05 bits per heavy atom. The van der Waals surface area contributed by atoms with Gasteiger partial charge in [-0.2, -0.15) is 0 Å². The van der Waals surface area contributed by atoms with E-state index in [4.69, 9.17) is 0 Å². The van der Waals surface area contributed by atoms with Crippen molar-refractivity contribution in [3.63, 3.8) is 0 Å². The van der Waals surface area contributed by atoms with E-state index < -0.39 is 11.6 Å². The minimum absolute atomic E-state index is 0.150. The fraction of sp³-hybridized carbons (Fsp3) is 0.515. The Labute approximate surface area is 233 Å². The van der Waals surface area contributed by atoms with Crippen LogP contribution in [0.4, 0.5) is 0 Å². The first-order chi connectivity index (χ1) is 18.7. The summed E-state index contributed by atoms with van der Waals surface area (Å²) in [4.78, 5) is 20.2. The van der Waals surface area contributed by atoms with Crippen molar-refractivity contribution in [1.82, 2.24) is 14.8 Å². The Bertz CT molecular complexity index is 1190. The Morgan fingerprint density at radius 3 is 2.44 bits per heavy atom. The van der Waals surface area contributed by atoms with E-state index in [1.165, 1.54) is 16.5 Å². The molecule has 0 saturated carbocycles. The molecular weight excluding hydrogens is 486 g/mol. The van der Waals surface area contributed by atoms with Crippen LogP contribution in [0.3, 0.4) is 0 Å². The van der Waals surface area contributed by atoms with E-state index in [2.05, 4.69) is 64.3 Å². The number of para-hydroxylation sites is 1. The van der Waals surface area contributed by atoms with Crippen LogP contribution in [0.15, 0.2) is 66.9 Å². The van der Waals surface area contributed by atoms with Gasteiger partial charge in [-0.05, 0) is 87.2 Å². The molecule has 6 nitrogen and oxygen atoms in total. The highest BCUT2D eigenvalue weighted by atomic mass is 16.4. The number of hydrogen-bond donors (Lipinski definition) is 2. The summed E-state index contributed by atoms with van der Waals surface area (Å²) in [6.45, 7) is 7.72. The number of nitrogens with zero attached hydrogens (tertiary/aromatic N) is 3. The summed E-state index contributed by atoms with van der Waals surface area (Å²) in [6.07, 6.45) is 7.75. The number of likely N-dealkylation sites (tertiary alicyclic amines) is 2. The van der Waals surface area contributed by atoms with Crippen LogP contribution in [0.1, 0.15) is 63.0 Å². The van der Waals surface area contributed by atoms with Crippen molar-refractivity contribution < 1.29 is 15.0 Å². The van der Waals surface area contributed by atoms with Gasteiger partial charge in [0, 0.05) is 31.2 Å². The van der Waals surface area contributed by atoms with E-state index in [1.807, 2.05) is 38.2 Å². The quantitative estimate of drug-likeness (QED) is 0.394. The molecule has 2 aromatic carbocycles. The minimum Gasteiger partial charge on any atom is -0.480 e. The number of pyridine rings is 1. The average Bonchev–Trinajstić information content (AvgIpc) is 3.40. The van der Waals surface area contributed by atoms with E-state index in [0.717, 1.165) is 70.2 Å². The van der Waals surface area contributed by atoms with Crippen LogP contribution in [0, 0.1) is 5.92 Å². The molecule has 0 amide bonds. The molecule has 1 aromatic heterocycles. The highest BCUT2D eigenvalue weighted by Crippen LogP contribution is 2.30. The third-order valence-electron chi connectivity index (χ3n) is 8.44. The Balaban J connectivity index is 0.000000183. The highest BCUT2D eigenvalue weighted by Gasteiger charge is 2.34. The largest absolute Gasteiger partial charge is 0.480 e. The number of carboxylic acids is 1. The lowest BCUT2D eigenvalue weighted by Gasteiger charge is -2.36. The van der Waals surface area contributed by atoms with Gasteiger partial charge in [-0.1, -0.05) is 62.4 Å². The number of rotatable bonds is 8. The predicted octanol–water partition coefficient (Wildman–Crippen LogP) is 5.60. The normalized spacial score (nSPS) is 20.5. The number of carboxylic acid groups (broad SMARTS) is 1. The molecule has 2 N–H and O–H groups in total. The van der Waals surface area contributed by atoms with Gasteiger partial charge in [-0.3, -0.25) is 14.7 Å². The van der Waals surface area contributed by atoms with E-state index in [1.54, 1.807) is 0 Å². The first-order valence-electron chi connectivity index (χ1n) is 14.5. The van der Waals surface area contributed by atoms with Gasteiger partial charge >= 0.3 is 5.97 Å². The average molecular weight is 532 g/mol. The maximum atomic E-state index is 11.3. The number of benzene rings is 2. The molecule has 2 aliphatic rings. The topological polar surface area (TPSA) is 76.9 Å². The Kier molecular flexibility index (Phi) is 10.1. The monoisotopic (exact) mass is 531 g/mol. The van der Waals surface area contributed by atoms with Crippen LogP contribution in [0.25, 0.3) is 10.9 Å². The zero-order chi connectivity index (χ0) is 27.8. The zero-order valence-corrected chi connectivity index (χ0v) is 23.8. The summed E-state index contributed by atoms with van der Waals surface area (Å²) in [5.74, 6) is -0.0671. The molecule has 39 heavy (non-hydrogen) atoms. The van der Waals surface area contributed by atoms with Gasteiger partial charge in [-0.15, -0.1) is 0 Å². The molecule has 6 heteroatoms. The number of aliphatic hydroxyl groups is 1. The molecule has 3 heterocycles. The van der Waals surface area contributed by atoms with Gasteiger partial charge in [0.15, 0.2) is 0 Å². The number of aliphatic carboxylic acids is 1. The standard InChI is InChI=1S/C18H24N2O.C15H21NO2/c1-20-11-9-18(21,10-12-20)8-4-5-15-13-16-6-2-3-7-17(16)19-14-15;1-11(2)14(15(17)18)16-9-8-13(10-16)12-6-4-3-5-7-12/h2-3,6-7,13-14,21H,4-5,8-12H2,1H3;3-7,11,13-14H,8-10H2,1-2H3,(H,17,18)/t;13-,14?/m.1/s1. The molecule has 5 rings (SSSR count). The minimum atomic E-state index is -0.696. The van der Waals surface area contributed by atoms with Crippen molar-refractivity contribution in [1.29, 1.82) is 0 Å². The second-order valence-corrected chi connectivity index (χ2v) is 11.8. The predicted molar refractivity (Wildman–Crippen MR) is 158 cm³/mol. The molecular formula is C33H45N3O3. The molecule has 2 aliphatic heterocycles. The maximum absolute atomic E-state index is 11.3. The number of aryl methyl sites for hydroxylation is 1. The second-order valence-electron chi connectivity index (χ2n) is 11.8. The molecule has 210 valence electrons. The van der Waals surface area contributed by atoms with Crippen LogP contribution < -0.4 is 0 Å². The fourth-order valence-corrected chi connectivity index (χ4v) is 6.06. The van der Waals surface area contributed by atoms with Crippen molar-refractivity contribution in [3.05, 3.63) is 78.0 Å². The van der Waals surface area contributed by atoms with E-state index in [0.29, 0.717) is 5.92 Å². The molecule has 3 aromatic rings. The lowest BCUT2D eigenvalue weighted by Crippen LogP contribution is -2.43. The number of carbonyl (C=O) groups is 1. The molecule has 1 unspecified atom stereocenters. The molecule has 0 radical (unpaired) electrons. The summed E-state index contributed by atoms with van der Waals surface area (Å²) in [5.41, 5.74) is 3.20. The molecule has 0 spiro atoms. The van der Waals surface area contributed by atoms with Gasteiger partial charge in [0.25, 0.3) is 0 Å². The van der Waals surface area contributed by atoms with Gasteiger partial charge in [0.05, 0.1) is 11.1 Å². The number of hydrogen-bond acceptors (Lipinski definition) is 5. The Hall–Kier alpha value is -2.80. The summed E-state index contributed by atoms with van der Waals surface area (Å²) >= 11 is 0. The molecule has 2 atom stereocenters. The van der Waals surface area contributed by atoms with Crippen molar-refractivity contribution in [2.45, 2.75) is 69.9 Å². The van der Waals surface area contributed by atoms with Gasteiger partial charge in [0.2, 0.25) is 0 Å². The fourth-order valence-electron chi connectivity index (χ4n) is 6.06. The second kappa shape index (κ2) is 13.5. The van der Waals surface area contributed by atoms with Crippen LogP contribution in [0.2, 0.25) is 0 Å². The van der Waals surface area contributed by atoms with E-state index in [-0.39, 0.29) is 12.0 Å². The summed E-state index contributed by atoms with van der Waals surface area (Å²) in [7, 11) is 2.13. The molecule has 2 saturated heterocycles. The summed E-state index contributed by atoms with van der Waals surface area (Å²) in [5, 5.41) is 21.1. The Morgan fingerprint density at radius 2 is 1.74 bits per heavy atom. The lowest BCUT2D eigenvalue weighted by atomic mass is 9.86.